The first kappa shape index (κ1) is 17.2. The molecule has 1 atom stereocenters. The number of carbonyl (C=O) groups excluding carboxylic acids is 1. The minimum absolute atomic E-state index is 0.148. The fourth-order valence-corrected chi connectivity index (χ4v) is 1.69. The molecule has 21 heavy (non-hydrogen) atoms. The zero-order chi connectivity index (χ0) is 16.2. The summed E-state index contributed by atoms with van der Waals surface area (Å²) < 4.78 is 26.3. The Bertz CT molecular complexity index is 545. The van der Waals surface area contributed by atoms with Crippen LogP contribution in [0.2, 0.25) is 5.02 Å². The van der Waals surface area contributed by atoms with Crippen molar-refractivity contribution >= 4 is 29.3 Å². The minimum atomic E-state index is -1.14. The Balaban J connectivity index is 2.73. The van der Waals surface area contributed by atoms with Gasteiger partial charge in [0.2, 0.25) is 0 Å². The van der Waals surface area contributed by atoms with Gasteiger partial charge in [-0.1, -0.05) is 18.5 Å². The van der Waals surface area contributed by atoms with Crippen molar-refractivity contribution in [2.45, 2.75) is 20.3 Å². The van der Waals surface area contributed by atoms with Crippen LogP contribution in [0, 0.1) is 17.0 Å². The van der Waals surface area contributed by atoms with Crippen LogP contribution in [0.1, 0.15) is 20.3 Å². The van der Waals surface area contributed by atoms with E-state index in [1.807, 2.05) is 0 Å². The van der Waals surface area contributed by atoms with Gasteiger partial charge in [-0.2, -0.15) is 0 Å². The third-order valence-electron chi connectivity index (χ3n) is 3.18. The number of benzene rings is 1. The molecule has 2 amide bonds. The molecular formula is C13H15ClF2N2O3. The van der Waals surface area contributed by atoms with Crippen LogP contribution in [0.15, 0.2) is 12.1 Å². The van der Waals surface area contributed by atoms with E-state index in [0.717, 1.165) is 6.07 Å². The Morgan fingerprint density at radius 1 is 1.38 bits per heavy atom. The minimum Gasteiger partial charge on any atom is -0.481 e. The molecule has 0 aromatic heterocycles. The van der Waals surface area contributed by atoms with E-state index < -0.39 is 29.0 Å². The number of carboxylic acids is 1. The summed E-state index contributed by atoms with van der Waals surface area (Å²) >= 11 is 5.63. The first-order valence-electron chi connectivity index (χ1n) is 6.12. The molecule has 1 aromatic rings. The van der Waals surface area contributed by atoms with Gasteiger partial charge in [0, 0.05) is 12.6 Å². The van der Waals surface area contributed by atoms with Gasteiger partial charge < -0.3 is 15.7 Å². The van der Waals surface area contributed by atoms with E-state index in [1.165, 1.54) is 6.92 Å². The summed E-state index contributed by atoms with van der Waals surface area (Å²) in [5.74, 6) is -2.95. The van der Waals surface area contributed by atoms with Crippen molar-refractivity contribution in [1.82, 2.24) is 5.32 Å². The molecule has 116 valence electrons. The van der Waals surface area contributed by atoms with Crippen molar-refractivity contribution in [3.63, 3.8) is 0 Å². The summed E-state index contributed by atoms with van der Waals surface area (Å²) in [4.78, 5) is 22.7. The van der Waals surface area contributed by atoms with Crippen molar-refractivity contribution < 1.29 is 23.5 Å². The van der Waals surface area contributed by atoms with Crippen molar-refractivity contribution in [2.24, 2.45) is 5.41 Å². The second kappa shape index (κ2) is 6.71. The Hall–Kier alpha value is -1.89. The number of aliphatic carboxylic acids is 1. The largest absolute Gasteiger partial charge is 0.481 e. The topological polar surface area (TPSA) is 78.4 Å². The molecule has 8 heteroatoms. The van der Waals surface area contributed by atoms with Crippen molar-refractivity contribution in [3.8, 4) is 0 Å². The lowest BCUT2D eigenvalue weighted by Crippen LogP contribution is -2.42. The van der Waals surface area contributed by atoms with E-state index in [1.54, 1.807) is 6.92 Å². The smallest absolute Gasteiger partial charge is 0.319 e. The molecule has 0 aliphatic rings. The maximum absolute atomic E-state index is 13.5. The summed E-state index contributed by atoms with van der Waals surface area (Å²) in [5.41, 5.74) is -1.51. The number of hydrogen-bond acceptors (Lipinski definition) is 2. The molecule has 0 saturated carbocycles. The van der Waals surface area contributed by atoms with Gasteiger partial charge in [-0.3, -0.25) is 4.79 Å². The van der Waals surface area contributed by atoms with Crippen LogP contribution in [0.25, 0.3) is 0 Å². The van der Waals surface area contributed by atoms with Gasteiger partial charge in [0.25, 0.3) is 0 Å². The van der Waals surface area contributed by atoms with Crippen LogP contribution in [0.3, 0.4) is 0 Å². The second-order valence-electron chi connectivity index (χ2n) is 4.77. The number of nitrogens with one attached hydrogen (secondary N) is 2. The molecule has 1 unspecified atom stereocenters. The first-order chi connectivity index (χ1) is 9.69. The number of amides is 2. The lowest BCUT2D eigenvalue weighted by molar-refractivity contribution is -0.147. The van der Waals surface area contributed by atoms with Gasteiger partial charge >= 0.3 is 12.0 Å². The summed E-state index contributed by atoms with van der Waals surface area (Å²) in [7, 11) is 0. The molecule has 1 rings (SSSR count). The average Bonchev–Trinajstić information content (AvgIpc) is 2.39. The number of carbonyl (C=O) groups is 2. The summed E-state index contributed by atoms with van der Waals surface area (Å²) in [5, 5.41) is 13.2. The standard InChI is InChI=1S/C13H15ClF2N2O3/c1-3-13(2,11(19)20)6-17-12(21)18-10-8(14)4-7(15)5-9(10)16/h4-5H,3,6H2,1-2H3,(H,19,20)(H2,17,18,21). The Labute approximate surface area is 125 Å². The summed E-state index contributed by atoms with van der Waals surface area (Å²) in [6, 6.07) is 0.603. The van der Waals surface area contributed by atoms with Gasteiger partial charge in [0.05, 0.1) is 16.1 Å². The molecule has 0 radical (unpaired) electrons. The summed E-state index contributed by atoms with van der Waals surface area (Å²) in [6.45, 7) is 3.00. The highest BCUT2D eigenvalue weighted by Crippen LogP contribution is 2.26. The van der Waals surface area contributed by atoms with Crippen LogP contribution in [0.5, 0.6) is 0 Å². The van der Waals surface area contributed by atoms with Gasteiger partial charge in [0.15, 0.2) is 5.82 Å². The summed E-state index contributed by atoms with van der Waals surface area (Å²) in [6.07, 6.45) is 0.300. The molecule has 1 aromatic carbocycles. The Kier molecular flexibility index (Phi) is 5.48. The zero-order valence-corrected chi connectivity index (χ0v) is 12.2. The van der Waals surface area contributed by atoms with E-state index >= 15 is 0 Å². The van der Waals surface area contributed by atoms with Gasteiger partial charge in [-0.05, 0) is 19.4 Å². The highest BCUT2D eigenvalue weighted by Gasteiger charge is 2.31. The van der Waals surface area contributed by atoms with E-state index in [-0.39, 0.29) is 17.3 Å². The number of halogens is 3. The van der Waals surface area contributed by atoms with Crippen LogP contribution in [-0.2, 0) is 4.79 Å². The van der Waals surface area contributed by atoms with Crippen molar-refractivity contribution in [1.29, 1.82) is 0 Å². The molecule has 0 spiro atoms. The van der Waals surface area contributed by atoms with Crippen molar-refractivity contribution in [2.75, 3.05) is 11.9 Å². The molecule has 0 fully saturated rings. The number of urea groups is 1. The number of carboxylic acid groups (broad SMARTS) is 1. The zero-order valence-electron chi connectivity index (χ0n) is 11.5. The highest BCUT2D eigenvalue weighted by molar-refractivity contribution is 6.33. The maximum Gasteiger partial charge on any atom is 0.319 e. The monoisotopic (exact) mass is 320 g/mol. The van der Waals surface area contributed by atoms with E-state index in [2.05, 4.69) is 10.6 Å². The van der Waals surface area contributed by atoms with Crippen LogP contribution in [-0.4, -0.2) is 23.7 Å². The molecule has 0 bridgehead atoms. The third kappa shape index (κ3) is 4.29. The lowest BCUT2D eigenvalue weighted by Gasteiger charge is -2.23. The van der Waals surface area contributed by atoms with E-state index in [4.69, 9.17) is 16.7 Å². The van der Waals surface area contributed by atoms with Crippen molar-refractivity contribution in [3.05, 3.63) is 28.8 Å². The lowest BCUT2D eigenvalue weighted by atomic mass is 9.88. The average molecular weight is 321 g/mol. The van der Waals surface area contributed by atoms with Gasteiger partial charge in [-0.25, -0.2) is 13.6 Å². The van der Waals surface area contributed by atoms with Crippen LogP contribution < -0.4 is 10.6 Å². The predicted molar refractivity (Wildman–Crippen MR) is 74.4 cm³/mol. The number of anilines is 1. The third-order valence-corrected chi connectivity index (χ3v) is 3.48. The molecule has 3 N–H and O–H groups in total. The Morgan fingerprint density at radius 2 is 2.00 bits per heavy atom. The highest BCUT2D eigenvalue weighted by atomic mass is 35.5. The molecule has 0 aliphatic heterocycles. The molecule has 0 heterocycles. The van der Waals surface area contributed by atoms with E-state index in [0.29, 0.717) is 12.5 Å². The molecule has 0 saturated heterocycles. The second-order valence-corrected chi connectivity index (χ2v) is 5.18. The fraction of sp³-hybridized carbons (Fsp3) is 0.385. The first-order valence-corrected chi connectivity index (χ1v) is 6.50. The predicted octanol–water partition coefficient (Wildman–Crippen LogP) is 3.24. The van der Waals surface area contributed by atoms with Gasteiger partial charge in [-0.15, -0.1) is 0 Å². The fourth-order valence-electron chi connectivity index (χ4n) is 1.45. The quantitative estimate of drug-likeness (QED) is 0.779. The Morgan fingerprint density at radius 3 is 2.48 bits per heavy atom. The normalized spacial score (nSPS) is 13.4. The SMILES string of the molecule is CCC(C)(CNC(=O)Nc1c(F)cc(F)cc1Cl)C(=O)O. The van der Waals surface area contributed by atoms with E-state index in [9.17, 15) is 18.4 Å². The van der Waals surface area contributed by atoms with Crippen LogP contribution in [0.4, 0.5) is 19.3 Å². The maximum atomic E-state index is 13.5. The number of hydrogen-bond donors (Lipinski definition) is 3. The van der Waals surface area contributed by atoms with Gasteiger partial charge in [0.1, 0.15) is 5.82 Å². The molecule has 0 aliphatic carbocycles. The molecular weight excluding hydrogens is 306 g/mol. The molecule has 5 nitrogen and oxygen atoms in total. The number of rotatable bonds is 5. The van der Waals surface area contributed by atoms with Crippen LogP contribution >= 0.6 is 11.6 Å².